The Morgan fingerprint density at radius 3 is 2.29 bits per heavy atom. The van der Waals surface area contributed by atoms with Gasteiger partial charge in [-0.1, -0.05) is 6.92 Å². The summed E-state index contributed by atoms with van der Waals surface area (Å²) in [6, 6.07) is 1.34. The molecule has 0 heterocycles. The third-order valence-electron chi connectivity index (χ3n) is 2.63. The highest BCUT2D eigenvalue weighted by Crippen LogP contribution is 2.28. The minimum Gasteiger partial charge on any atom is -0.420 e. The topological polar surface area (TPSA) is 26.3 Å². The Hall–Kier alpha value is -1.52. The van der Waals surface area contributed by atoms with Crippen LogP contribution in [0.5, 0.6) is 5.75 Å². The maximum atomic E-state index is 13.2. The predicted molar refractivity (Wildman–Crippen MR) is 56.0 cm³/mol. The van der Waals surface area contributed by atoms with E-state index in [0.717, 1.165) is 0 Å². The molecular weight excluding hydrogens is 233 g/mol. The SMILES string of the molecule is CCC(C)(C)C(=O)Oc1c(F)ccc(F)c1F. The van der Waals surface area contributed by atoms with Crippen LogP contribution in [0, 0.1) is 22.9 Å². The first-order valence-electron chi connectivity index (χ1n) is 5.15. The average Bonchev–Trinajstić information content (AvgIpc) is 2.29. The molecule has 0 spiro atoms. The van der Waals surface area contributed by atoms with Crippen LogP contribution in [0.3, 0.4) is 0 Å². The second-order valence-corrected chi connectivity index (χ2v) is 4.30. The van der Waals surface area contributed by atoms with Crippen LogP contribution in [0.1, 0.15) is 27.2 Å². The number of halogens is 3. The van der Waals surface area contributed by atoms with Crippen LogP contribution in [0.25, 0.3) is 0 Å². The Morgan fingerprint density at radius 1 is 1.24 bits per heavy atom. The first kappa shape index (κ1) is 13.5. The van der Waals surface area contributed by atoms with Crippen LogP contribution in [0.15, 0.2) is 12.1 Å². The van der Waals surface area contributed by atoms with Gasteiger partial charge < -0.3 is 4.74 Å². The van der Waals surface area contributed by atoms with Gasteiger partial charge in [0.1, 0.15) is 0 Å². The third kappa shape index (κ3) is 2.78. The van der Waals surface area contributed by atoms with Crippen molar-refractivity contribution in [3.05, 3.63) is 29.6 Å². The van der Waals surface area contributed by atoms with Crippen molar-refractivity contribution in [2.24, 2.45) is 5.41 Å². The molecule has 1 aromatic carbocycles. The van der Waals surface area contributed by atoms with Gasteiger partial charge in [-0.05, 0) is 32.4 Å². The number of carbonyl (C=O) groups excluding carboxylic acids is 1. The molecule has 5 heteroatoms. The van der Waals surface area contributed by atoms with E-state index in [-0.39, 0.29) is 0 Å². The lowest BCUT2D eigenvalue weighted by Gasteiger charge is -2.20. The molecule has 0 saturated carbocycles. The molecular formula is C12H13F3O2. The summed E-state index contributed by atoms with van der Waals surface area (Å²) in [4.78, 5) is 11.6. The number of hydrogen-bond donors (Lipinski definition) is 0. The quantitative estimate of drug-likeness (QED) is 0.464. The number of hydrogen-bond acceptors (Lipinski definition) is 2. The first-order valence-corrected chi connectivity index (χ1v) is 5.15. The van der Waals surface area contributed by atoms with Crippen molar-refractivity contribution in [3.8, 4) is 5.75 Å². The van der Waals surface area contributed by atoms with Crippen LogP contribution < -0.4 is 4.74 Å². The molecule has 0 aromatic heterocycles. The van der Waals surface area contributed by atoms with E-state index in [4.69, 9.17) is 0 Å². The number of carbonyl (C=O) groups is 1. The summed E-state index contributed by atoms with van der Waals surface area (Å²) in [6.07, 6.45) is 0.435. The number of benzene rings is 1. The summed E-state index contributed by atoms with van der Waals surface area (Å²) in [5.74, 6) is -5.65. The predicted octanol–water partition coefficient (Wildman–Crippen LogP) is 3.45. The average molecular weight is 246 g/mol. The second-order valence-electron chi connectivity index (χ2n) is 4.30. The monoisotopic (exact) mass is 246 g/mol. The minimum absolute atomic E-state index is 0.435. The molecule has 0 aliphatic rings. The van der Waals surface area contributed by atoms with Gasteiger partial charge in [0, 0.05) is 0 Å². The molecule has 17 heavy (non-hydrogen) atoms. The number of ether oxygens (including phenoxy) is 1. The molecule has 0 fully saturated rings. The zero-order chi connectivity index (χ0) is 13.2. The molecule has 0 N–H and O–H groups in total. The van der Waals surface area contributed by atoms with Crippen LogP contribution in [0.2, 0.25) is 0 Å². The summed E-state index contributed by atoms with van der Waals surface area (Å²) in [6.45, 7) is 4.88. The van der Waals surface area contributed by atoms with Gasteiger partial charge in [-0.15, -0.1) is 0 Å². The highest BCUT2D eigenvalue weighted by Gasteiger charge is 2.30. The molecule has 94 valence electrons. The Kier molecular flexibility index (Phi) is 3.80. The molecule has 2 nitrogen and oxygen atoms in total. The maximum absolute atomic E-state index is 13.2. The van der Waals surface area contributed by atoms with E-state index in [9.17, 15) is 18.0 Å². The maximum Gasteiger partial charge on any atom is 0.317 e. The van der Waals surface area contributed by atoms with E-state index in [1.54, 1.807) is 20.8 Å². The van der Waals surface area contributed by atoms with Crippen LogP contribution in [0.4, 0.5) is 13.2 Å². The van der Waals surface area contributed by atoms with E-state index in [0.29, 0.717) is 18.6 Å². The molecule has 1 aromatic rings. The number of esters is 1. The van der Waals surface area contributed by atoms with Gasteiger partial charge in [0.2, 0.25) is 11.6 Å². The molecule has 0 atom stereocenters. The smallest absolute Gasteiger partial charge is 0.317 e. The highest BCUT2D eigenvalue weighted by atomic mass is 19.2. The van der Waals surface area contributed by atoms with Gasteiger partial charge in [-0.3, -0.25) is 4.79 Å². The normalized spacial score (nSPS) is 11.4. The minimum atomic E-state index is -1.50. The van der Waals surface area contributed by atoms with Crippen molar-refractivity contribution in [3.63, 3.8) is 0 Å². The summed E-state index contributed by atoms with van der Waals surface area (Å²) < 4.78 is 43.9. The van der Waals surface area contributed by atoms with E-state index in [1.165, 1.54) is 0 Å². The molecule has 0 aliphatic carbocycles. The molecule has 0 unspecified atom stereocenters. The van der Waals surface area contributed by atoms with Gasteiger partial charge in [0.25, 0.3) is 0 Å². The standard InChI is InChI=1S/C12H13F3O2/c1-4-12(2,3)11(16)17-10-8(14)6-5-7(13)9(10)15/h5-6H,4H2,1-3H3. The van der Waals surface area contributed by atoms with Gasteiger partial charge in [-0.2, -0.15) is 4.39 Å². The zero-order valence-electron chi connectivity index (χ0n) is 9.81. The summed E-state index contributed by atoms with van der Waals surface area (Å²) in [7, 11) is 0. The fraction of sp³-hybridized carbons (Fsp3) is 0.417. The Bertz CT molecular complexity index is 442. The fourth-order valence-electron chi connectivity index (χ4n) is 0.977. The molecule has 0 aliphatic heterocycles. The van der Waals surface area contributed by atoms with Crippen LogP contribution in [-0.2, 0) is 4.79 Å². The summed E-state index contributed by atoms with van der Waals surface area (Å²) in [5, 5.41) is 0. The van der Waals surface area contributed by atoms with E-state index >= 15 is 0 Å². The van der Waals surface area contributed by atoms with Crippen molar-refractivity contribution in [1.29, 1.82) is 0 Å². The zero-order valence-corrected chi connectivity index (χ0v) is 9.81. The van der Waals surface area contributed by atoms with Crippen molar-refractivity contribution in [2.75, 3.05) is 0 Å². The van der Waals surface area contributed by atoms with Crippen LogP contribution in [-0.4, -0.2) is 5.97 Å². The fourth-order valence-corrected chi connectivity index (χ4v) is 0.977. The molecule has 0 radical (unpaired) electrons. The molecule has 0 amide bonds. The second kappa shape index (κ2) is 4.77. The largest absolute Gasteiger partial charge is 0.420 e. The van der Waals surface area contributed by atoms with E-state index in [1.807, 2.05) is 0 Å². The lowest BCUT2D eigenvalue weighted by atomic mass is 9.91. The van der Waals surface area contributed by atoms with Crippen molar-refractivity contribution >= 4 is 5.97 Å². The van der Waals surface area contributed by atoms with E-state index < -0.39 is 34.6 Å². The highest BCUT2D eigenvalue weighted by molar-refractivity contribution is 5.78. The van der Waals surface area contributed by atoms with Crippen molar-refractivity contribution in [2.45, 2.75) is 27.2 Å². The molecule has 1 rings (SSSR count). The summed E-state index contributed by atoms with van der Waals surface area (Å²) >= 11 is 0. The number of rotatable bonds is 3. The Balaban J connectivity index is 3.04. The lowest BCUT2D eigenvalue weighted by Crippen LogP contribution is -2.28. The van der Waals surface area contributed by atoms with Gasteiger partial charge in [0.05, 0.1) is 5.41 Å². The van der Waals surface area contributed by atoms with Gasteiger partial charge >= 0.3 is 5.97 Å². The van der Waals surface area contributed by atoms with Crippen molar-refractivity contribution < 1.29 is 22.7 Å². The molecule has 0 saturated heterocycles. The van der Waals surface area contributed by atoms with Crippen LogP contribution >= 0.6 is 0 Å². The van der Waals surface area contributed by atoms with E-state index in [2.05, 4.69) is 4.74 Å². The Morgan fingerprint density at radius 2 is 1.76 bits per heavy atom. The third-order valence-corrected chi connectivity index (χ3v) is 2.63. The van der Waals surface area contributed by atoms with Gasteiger partial charge in [0.15, 0.2) is 11.6 Å². The van der Waals surface area contributed by atoms with Crippen molar-refractivity contribution in [1.82, 2.24) is 0 Å². The summed E-state index contributed by atoms with van der Waals surface area (Å²) in [5.41, 5.74) is -0.884. The first-order chi connectivity index (χ1) is 7.79. The molecule has 0 bridgehead atoms. The Labute approximate surface area is 97.4 Å². The van der Waals surface area contributed by atoms with Gasteiger partial charge in [-0.25, -0.2) is 8.78 Å². The lowest BCUT2D eigenvalue weighted by molar-refractivity contribution is -0.144.